The highest BCUT2D eigenvalue weighted by Crippen LogP contribution is 2.65. The van der Waals surface area contributed by atoms with Crippen LogP contribution in [0.15, 0.2) is 11.6 Å². The molecule has 4 rings (SSSR count). The molecule has 0 heterocycles. The molecule has 3 saturated carbocycles. The van der Waals surface area contributed by atoms with E-state index in [1.165, 1.54) is 19.4 Å². The average Bonchev–Trinajstić information content (AvgIpc) is 2.96. The second-order valence-corrected chi connectivity index (χ2v) is 9.84. The molecule has 4 aliphatic rings. The first-order valence-electron chi connectivity index (χ1n) is 10.9. The summed E-state index contributed by atoms with van der Waals surface area (Å²) in [7, 11) is 0. The van der Waals surface area contributed by atoms with E-state index in [1.54, 1.807) is 0 Å². The summed E-state index contributed by atoms with van der Waals surface area (Å²) in [4.78, 5) is 23.2. The number of halogens is 1. The van der Waals surface area contributed by atoms with Gasteiger partial charge in [-0.15, -0.1) is 0 Å². The van der Waals surface area contributed by atoms with Crippen LogP contribution in [0, 0.1) is 28.6 Å². The zero-order valence-electron chi connectivity index (χ0n) is 17.3. The van der Waals surface area contributed by atoms with Gasteiger partial charge < -0.3 is 9.47 Å². The van der Waals surface area contributed by atoms with Gasteiger partial charge in [-0.1, -0.05) is 18.6 Å². The Bertz CT molecular complexity index is 688. The smallest absolute Gasteiger partial charge is 0.302 e. The van der Waals surface area contributed by atoms with Crippen LogP contribution in [0.3, 0.4) is 0 Å². The zero-order valence-corrected chi connectivity index (χ0v) is 17.3. The van der Waals surface area contributed by atoms with E-state index in [0.29, 0.717) is 37.2 Å². The van der Waals surface area contributed by atoms with E-state index in [2.05, 4.69) is 13.0 Å². The van der Waals surface area contributed by atoms with Crippen LogP contribution < -0.4 is 0 Å². The Kier molecular flexibility index (Phi) is 5.08. The Labute approximate surface area is 167 Å². The van der Waals surface area contributed by atoms with Crippen molar-refractivity contribution in [1.82, 2.24) is 0 Å². The van der Waals surface area contributed by atoms with Crippen LogP contribution in [0.25, 0.3) is 0 Å². The standard InChI is InChI=1S/C23H33FO4/c1-14(25)27-13-23-11-8-17(24)12-16(23)4-5-18-19-6-7-21(28-15(2)26)22(19,3)10-9-20(18)23/h4,17-21H,5-13H2,1-3H3/t17-,18-,19-,20-,21-,22-,23+/m0/s1. The normalized spacial score (nSPS) is 44.6. The minimum absolute atomic E-state index is 0.00678. The summed E-state index contributed by atoms with van der Waals surface area (Å²) in [6.45, 7) is 5.64. The molecule has 0 saturated heterocycles. The van der Waals surface area contributed by atoms with Gasteiger partial charge in [0, 0.05) is 31.1 Å². The maximum absolute atomic E-state index is 14.2. The summed E-state index contributed by atoms with van der Waals surface area (Å²) in [5.41, 5.74) is 1.02. The van der Waals surface area contributed by atoms with Gasteiger partial charge in [0.25, 0.3) is 0 Å². The van der Waals surface area contributed by atoms with Crippen LogP contribution in [0.2, 0.25) is 0 Å². The van der Waals surface area contributed by atoms with Gasteiger partial charge in [-0.2, -0.15) is 0 Å². The van der Waals surface area contributed by atoms with E-state index in [-0.39, 0.29) is 28.9 Å². The lowest BCUT2D eigenvalue weighted by Gasteiger charge is -2.58. The summed E-state index contributed by atoms with van der Waals surface area (Å²) < 4.78 is 25.5. The van der Waals surface area contributed by atoms with E-state index in [0.717, 1.165) is 38.5 Å². The predicted octanol–water partition coefficient (Wildman–Crippen LogP) is 4.76. The maximum atomic E-state index is 14.2. The predicted molar refractivity (Wildman–Crippen MR) is 103 cm³/mol. The van der Waals surface area contributed by atoms with Crippen molar-refractivity contribution in [2.24, 2.45) is 28.6 Å². The Morgan fingerprint density at radius 3 is 2.61 bits per heavy atom. The number of esters is 2. The quantitative estimate of drug-likeness (QED) is 0.513. The summed E-state index contributed by atoms with van der Waals surface area (Å²) in [5, 5.41) is 0. The minimum atomic E-state index is -0.776. The van der Waals surface area contributed by atoms with Crippen molar-refractivity contribution in [3.8, 4) is 0 Å². The number of hydrogen-bond acceptors (Lipinski definition) is 4. The Morgan fingerprint density at radius 1 is 1.11 bits per heavy atom. The third-order valence-electron chi connectivity index (χ3n) is 8.52. The van der Waals surface area contributed by atoms with Crippen molar-refractivity contribution < 1.29 is 23.5 Å². The number of allylic oxidation sites excluding steroid dienone is 1. The highest BCUT2D eigenvalue weighted by molar-refractivity contribution is 5.66. The van der Waals surface area contributed by atoms with Crippen LogP contribution in [-0.2, 0) is 19.1 Å². The fraction of sp³-hybridized carbons (Fsp3) is 0.826. The first kappa shape index (κ1) is 19.9. The average molecular weight is 393 g/mol. The number of rotatable bonds is 3. The largest absolute Gasteiger partial charge is 0.465 e. The Balaban J connectivity index is 1.64. The lowest BCUT2D eigenvalue weighted by Crippen LogP contribution is -2.54. The van der Waals surface area contributed by atoms with Gasteiger partial charge in [0.2, 0.25) is 0 Å². The molecular formula is C23H33FO4. The SMILES string of the molecule is CC(=O)OC[C@]12CC[C@H](F)CC1=CC[C@@H]1[C@@H]2CC[C@]2(C)[C@@H](OC(C)=O)CC[C@@H]12. The highest BCUT2D eigenvalue weighted by Gasteiger charge is 2.61. The van der Waals surface area contributed by atoms with Gasteiger partial charge in [-0.05, 0) is 62.7 Å². The van der Waals surface area contributed by atoms with Crippen molar-refractivity contribution in [3.63, 3.8) is 0 Å². The topological polar surface area (TPSA) is 52.6 Å². The van der Waals surface area contributed by atoms with Gasteiger partial charge >= 0.3 is 11.9 Å². The molecule has 4 nitrogen and oxygen atoms in total. The summed E-state index contributed by atoms with van der Waals surface area (Å²) in [6.07, 6.45) is 8.35. The first-order valence-corrected chi connectivity index (χ1v) is 10.9. The molecule has 0 amide bonds. The van der Waals surface area contributed by atoms with Gasteiger partial charge in [0.05, 0.1) is 0 Å². The maximum Gasteiger partial charge on any atom is 0.302 e. The number of alkyl halides is 1. The number of fused-ring (bicyclic) bond motifs is 5. The van der Waals surface area contributed by atoms with Crippen LogP contribution >= 0.6 is 0 Å². The van der Waals surface area contributed by atoms with E-state index in [4.69, 9.17) is 9.47 Å². The Hall–Kier alpha value is -1.39. The van der Waals surface area contributed by atoms with Crippen LogP contribution in [0.1, 0.15) is 72.1 Å². The lowest BCUT2D eigenvalue weighted by molar-refractivity contribution is -0.159. The molecule has 4 aliphatic carbocycles. The number of carbonyl (C=O) groups is 2. The van der Waals surface area contributed by atoms with Crippen LogP contribution in [0.5, 0.6) is 0 Å². The van der Waals surface area contributed by atoms with Gasteiger partial charge in [0.1, 0.15) is 18.9 Å². The molecule has 0 aromatic carbocycles. The second kappa shape index (κ2) is 7.14. The third-order valence-corrected chi connectivity index (χ3v) is 8.52. The lowest BCUT2D eigenvalue weighted by atomic mass is 9.47. The van der Waals surface area contributed by atoms with Gasteiger partial charge in [0.15, 0.2) is 0 Å². The number of ether oxygens (including phenoxy) is 2. The number of carbonyl (C=O) groups excluding carboxylic acids is 2. The van der Waals surface area contributed by atoms with Crippen molar-refractivity contribution in [3.05, 3.63) is 11.6 Å². The fourth-order valence-corrected chi connectivity index (χ4v) is 7.26. The molecular weight excluding hydrogens is 359 g/mol. The molecule has 3 fully saturated rings. The molecule has 0 radical (unpaired) electrons. The molecule has 0 unspecified atom stereocenters. The highest BCUT2D eigenvalue weighted by atomic mass is 19.1. The Morgan fingerprint density at radius 2 is 1.89 bits per heavy atom. The fourth-order valence-electron chi connectivity index (χ4n) is 7.26. The molecule has 7 atom stereocenters. The first-order chi connectivity index (χ1) is 13.3. The number of hydrogen-bond donors (Lipinski definition) is 0. The molecule has 0 aromatic rings. The van der Waals surface area contributed by atoms with Gasteiger partial charge in [-0.3, -0.25) is 9.59 Å². The minimum Gasteiger partial charge on any atom is -0.465 e. The van der Waals surface area contributed by atoms with E-state index in [9.17, 15) is 14.0 Å². The van der Waals surface area contributed by atoms with Crippen molar-refractivity contribution in [1.29, 1.82) is 0 Å². The second-order valence-electron chi connectivity index (χ2n) is 9.84. The van der Waals surface area contributed by atoms with Gasteiger partial charge in [-0.25, -0.2) is 4.39 Å². The van der Waals surface area contributed by atoms with E-state index < -0.39 is 6.17 Å². The van der Waals surface area contributed by atoms with Crippen molar-refractivity contribution >= 4 is 11.9 Å². The van der Waals surface area contributed by atoms with Crippen molar-refractivity contribution in [2.45, 2.75) is 84.4 Å². The summed E-state index contributed by atoms with van der Waals surface area (Å²) in [5.74, 6) is 0.982. The molecule has 0 aromatic heterocycles. The molecule has 28 heavy (non-hydrogen) atoms. The molecule has 0 bridgehead atoms. The summed E-state index contributed by atoms with van der Waals surface area (Å²) >= 11 is 0. The van der Waals surface area contributed by atoms with Crippen LogP contribution in [0.4, 0.5) is 4.39 Å². The molecule has 0 aliphatic heterocycles. The third kappa shape index (κ3) is 3.09. The molecule has 0 N–H and O–H groups in total. The molecule has 5 heteroatoms. The van der Waals surface area contributed by atoms with E-state index >= 15 is 0 Å². The van der Waals surface area contributed by atoms with Crippen LogP contribution in [-0.4, -0.2) is 30.8 Å². The monoisotopic (exact) mass is 392 g/mol. The van der Waals surface area contributed by atoms with E-state index in [1.807, 2.05) is 0 Å². The molecule has 0 spiro atoms. The summed E-state index contributed by atoms with van der Waals surface area (Å²) in [6, 6.07) is 0. The van der Waals surface area contributed by atoms with Crippen molar-refractivity contribution in [2.75, 3.05) is 6.61 Å². The molecule has 156 valence electrons. The zero-order chi connectivity index (χ0) is 20.1.